The molecule has 0 amide bonds. The third-order valence-corrected chi connectivity index (χ3v) is 3.37. The Kier molecular flexibility index (Phi) is 5.14. The van der Waals surface area contributed by atoms with E-state index in [1.165, 1.54) is 5.56 Å². The van der Waals surface area contributed by atoms with Crippen LogP contribution in [0.1, 0.15) is 31.5 Å². The summed E-state index contributed by atoms with van der Waals surface area (Å²) >= 11 is 0. The topological polar surface area (TPSA) is 47.0 Å². The van der Waals surface area contributed by atoms with E-state index in [2.05, 4.69) is 29.1 Å². The highest BCUT2D eigenvalue weighted by atomic mass is 16.5. The summed E-state index contributed by atoms with van der Waals surface area (Å²) in [5.74, 6) is 2.50. The van der Waals surface area contributed by atoms with Crippen LogP contribution >= 0.6 is 0 Å². The number of hydrogen-bond acceptors (Lipinski definition) is 4. The van der Waals surface area contributed by atoms with Crippen LogP contribution in [0.5, 0.6) is 5.75 Å². The van der Waals surface area contributed by atoms with Crippen molar-refractivity contribution >= 4 is 5.82 Å². The maximum atomic E-state index is 5.68. The molecule has 0 radical (unpaired) electrons. The minimum absolute atomic E-state index is 0.722. The zero-order valence-corrected chi connectivity index (χ0v) is 13.2. The number of aryl methyl sites for hydroxylation is 1. The van der Waals surface area contributed by atoms with Gasteiger partial charge in [0, 0.05) is 23.9 Å². The number of nitrogens with zero attached hydrogens (tertiary/aromatic N) is 2. The SMILES string of the molecule is CCCOc1cccc(-c2nc(C)c(CC)c(NC)n2)c1. The molecule has 0 spiro atoms. The van der Waals surface area contributed by atoms with Crippen LogP contribution in [0.2, 0.25) is 0 Å². The van der Waals surface area contributed by atoms with Crippen molar-refractivity contribution in [2.45, 2.75) is 33.6 Å². The van der Waals surface area contributed by atoms with E-state index in [0.29, 0.717) is 0 Å². The summed E-state index contributed by atoms with van der Waals surface area (Å²) in [6, 6.07) is 7.95. The number of benzene rings is 1. The molecule has 1 aromatic heterocycles. The van der Waals surface area contributed by atoms with Gasteiger partial charge in [-0.15, -0.1) is 0 Å². The van der Waals surface area contributed by atoms with Crippen LogP contribution in [0.4, 0.5) is 5.82 Å². The maximum Gasteiger partial charge on any atom is 0.161 e. The fraction of sp³-hybridized carbons (Fsp3) is 0.412. The number of rotatable bonds is 6. The second-order valence-electron chi connectivity index (χ2n) is 4.94. The normalized spacial score (nSPS) is 10.5. The number of aromatic nitrogens is 2. The Morgan fingerprint density at radius 2 is 2.00 bits per heavy atom. The molecular weight excluding hydrogens is 262 g/mol. The molecule has 0 aliphatic rings. The van der Waals surface area contributed by atoms with Crippen molar-refractivity contribution in [3.63, 3.8) is 0 Å². The molecule has 0 saturated heterocycles. The average Bonchev–Trinajstić information content (AvgIpc) is 2.52. The molecule has 2 aromatic rings. The Morgan fingerprint density at radius 1 is 1.19 bits per heavy atom. The molecular formula is C17H23N3O. The number of nitrogens with one attached hydrogen (secondary N) is 1. The Balaban J connectivity index is 2.39. The summed E-state index contributed by atoms with van der Waals surface area (Å²) < 4.78 is 5.68. The lowest BCUT2D eigenvalue weighted by Crippen LogP contribution is -2.05. The fourth-order valence-electron chi connectivity index (χ4n) is 2.30. The molecule has 2 rings (SSSR count). The Labute approximate surface area is 126 Å². The summed E-state index contributed by atoms with van der Waals surface area (Å²) in [4.78, 5) is 9.27. The average molecular weight is 285 g/mol. The molecule has 0 aliphatic carbocycles. The van der Waals surface area contributed by atoms with Crippen LogP contribution in [-0.4, -0.2) is 23.6 Å². The van der Waals surface area contributed by atoms with Gasteiger partial charge in [0.1, 0.15) is 11.6 Å². The van der Waals surface area contributed by atoms with Gasteiger partial charge in [-0.3, -0.25) is 0 Å². The molecule has 21 heavy (non-hydrogen) atoms. The summed E-state index contributed by atoms with van der Waals surface area (Å²) in [6.45, 7) is 6.96. The van der Waals surface area contributed by atoms with Gasteiger partial charge in [0.05, 0.1) is 6.61 Å². The summed E-state index contributed by atoms with van der Waals surface area (Å²) in [6.07, 6.45) is 1.91. The van der Waals surface area contributed by atoms with E-state index in [0.717, 1.165) is 48.1 Å². The summed E-state index contributed by atoms with van der Waals surface area (Å²) in [7, 11) is 1.89. The van der Waals surface area contributed by atoms with Gasteiger partial charge in [0.15, 0.2) is 5.82 Å². The van der Waals surface area contributed by atoms with Crippen LogP contribution in [0.15, 0.2) is 24.3 Å². The first-order chi connectivity index (χ1) is 10.2. The van der Waals surface area contributed by atoms with E-state index in [9.17, 15) is 0 Å². The van der Waals surface area contributed by atoms with E-state index in [-0.39, 0.29) is 0 Å². The van der Waals surface area contributed by atoms with Gasteiger partial charge in [-0.2, -0.15) is 0 Å². The van der Waals surface area contributed by atoms with Crippen molar-refractivity contribution in [3.05, 3.63) is 35.5 Å². The lowest BCUT2D eigenvalue weighted by atomic mass is 10.1. The quantitative estimate of drug-likeness (QED) is 0.876. The van der Waals surface area contributed by atoms with Crippen LogP contribution < -0.4 is 10.1 Å². The summed E-state index contributed by atoms with van der Waals surface area (Å²) in [5.41, 5.74) is 3.16. The highest BCUT2D eigenvalue weighted by Crippen LogP contribution is 2.25. The van der Waals surface area contributed by atoms with E-state index >= 15 is 0 Å². The van der Waals surface area contributed by atoms with E-state index in [1.807, 2.05) is 38.2 Å². The molecule has 0 fully saturated rings. The van der Waals surface area contributed by atoms with Crippen LogP contribution in [0.25, 0.3) is 11.4 Å². The molecule has 112 valence electrons. The highest BCUT2D eigenvalue weighted by molar-refractivity contribution is 5.61. The molecule has 0 unspecified atom stereocenters. The van der Waals surface area contributed by atoms with Gasteiger partial charge < -0.3 is 10.1 Å². The van der Waals surface area contributed by atoms with Gasteiger partial charge in [-0.05, 0) is 31.9 Å². The zero-order valence-electron chi connectivity index (χ0n) is 13.2. The minimum atomic E-state index is 0.722. The van der Waals surface area contributed by atoms with Gasteiger partial charge in [-0.25, -0.2) is 9.97 Å². The predicted molar refractivity (Wildman–Crippen MR) is 86.9 cm³/mol. The number of hydrogen-bond donors (Lipinski definition) is 1. The molecule has 1 heterocycles. The molecule has 0 atom stereocenters. The standard InChI is InChI=1S/C17H23N3O/c1-5-10-21-14-9-7-8-13(11-14)16-19-12(3)15(6-2)17(18-4)20-16/h7-9,11H,5-6,10H2,1-4H3,(H,18,19,20). The van der Waals surface area contributed by atoms with Crippen molar-refractivity contribution < 1.29 is 4.74 Å². The first kappa shape index (κ1) is 15.3. The predicted octanol–water partition coefficient (Wildman–Crippen LogP) is 3.84. The van der Waals surface area contributed by atoms with Gasteiger partial charge in [0.2, 0.25) is 0 Å². The zero-order chi connectivity index (χ0) is 15.2. The van der Waals surface area contributed by atoms with Crippen molar-refractivity contribution in [3.8, 4) is 17.1 Å². The van der Waals surface area contributed by atoms with Crippen molar-refractivity contribution in [2.24, 2.45) is 0 Å². The minimum Gasteiger partial charge on any atom is -0.494 e. The molecule has 4 nitrogen and oxygen atoms in total. The highest BCUT2D eigenvalue weighted by Gasteiger charge is 2.11. The van der Waals surface area contributed by atoms with Crippen LogP contribution in [0.3, 0.4) is 0 Å². The number of anilines is 1. The van der Waals surface area contributed by atoms with E-state index < -0.39 is 0 Å². The maximum absolute atomic E-state index is 5.68. The first-order valence-corrected chi connectivity index (χ1v) is 7.48. The lowest BCUT2D eigenvalue weighted by molar-refractivity contribution is 0.317. The molecule has 0 saturated carbocycles. The van der Waals surface area contributed by atoms with Crippen LogP contribution in [-0.2, 0) is 6.42 Å². The van der Waals surface area contributed by atoms with Gasteiger partial charge >= 0.3 is 0 Å². The third-order valence-electron chi connectivity index (χ3n) is 3.37. The van der Waals surface area contributed by atoms with E-state index in [4.69, 9.17) is 4.74 Å². The molecule has 1 N–H and O–H groups in total. The molecule has 4 heteroatoms. The van der Waals surface area contributed by atoms with E-state index in [1.54, 1.807) is 0 Å². The smallest absolute Gasteiger partial charge is 0.161 e. The molecule has 0 bridgehead atoms. The largest absolute Gasteiger partial charge is 0.494 e. The van der Waals surface area contributed by atoms with Crippen LogP contribution in [0, 0.1) is 6.92 Å². The Hall–Kier alpha value is -2.10. The lowest BCUT2D eigenvalue weighted by Gasteiger charge is -2.12. The first-order valence-electron chi connectivity index (χ1n) is 7.48. The fourth-order valence-corrected chi connectivity index (χ4v) is 2.30. The Morgan fingerprint density at radius 3 is 2.67 bits per heavy atom. The monoisotopic (exact) mass is 285 g/mol. The number of ether oxygens (including phenoxy) is 1. The van der Waals surface area contributed by atoms with Gasteiger partial charge in [0.25, 0.3) is 0 Å². The van der Waals surface area contributed by atoms with Gasteiger partial charge in [-0.1, -0.05) is 26.0 Å². The third kappa shape index (κ3) is 3.51. The summed E-state index contributed by atoms with van der Waals surface area (Å²) in [5, 5.41) is 3.16. The second-order valence-corrected chi connectivity index (χ2v) is 4.94. The van der Waals surface area contributed by atoms with Crippen molar-refractivity contribution in [1.82, 2.24) is 9.97 Å². The van der Waals surface area contributed by atoms with Crippen molar-refractivity contribution in [2.75, 3.05) is 19.0 Å². The molecule has 0 aliphatic heterocycles. The van der Waals surface area contributed by atoms with Crippen molar-refractivity contribution in [1.29, 1.82) is 0 Å². The molecule has 1 aromatic carbocycles. The second kappa shape index (κ2) is 7.07. The Bertz CT molecular complexity index is 611.